The van der Waals surface area contributed by atoms with Crippen LogP contribution in [0.15, 0.2) is 71.8 Å². The molecule has 5 rings (SSSR count). The molecule has 2 heterocycles. The van der Waals surface area contributed by atoms with Crippen LogP contribution >= 0.6 is 11.6 Å². The van der Waals surface area contributed by atoms with Crippen molar-refractivity contribution in [3.8, 4) is 17.2 Å². The van der Waals surface area contributed by atoms with Crippen LogP contribution in [0.3, 0.4) is 0 Å². The number of hydrogen-bond acceptors (Lipinski definition) is 5. The average Bonchev–Trinajstić information content (AvgIpc) is 3.24. The van der Waals surface area contributed by atoms with Crippen molar-refractivity contribution in [3.63, 3.8) is 0 Å². The van der Waals surface area contributed by atoms with Gasteiger partial charge in [0.2, 0.25) is 6.23 Å². The van der Waals surface area contributed by atoms with Gasteiger partial charge in [0, 0.05) is 17.0 Å². The monoisotopic (exact) mass is 420 g/mol. The van der Waals surface area contributed by atoms with Crippen molar-refractivity contribution < 1.29 is 14.2 Å². The zero-order valence-corrected chi connectivity index (χ0v) is 17.5. The number of ether oxygens (including phenoxy) is 3. The predicted molar refractivity (Wildman–Crippen MR) is 117 cm³/mol. The van der Waals surface area contributed by atoms with E-state index < -0.39 is 6.23 Å². The van der Waals surface area contributed by atoms with Crippen LogP contribution in [0, 0.1) is 0 Å². The van der Waals surface area contributed by atoms with Crippen LogP contribution in [-0.2, 0) is 0 Å². The molecular weight excluding hydrogens is 400 g/mol. The molecule has 0 N–H and O–H groups in total. The summed E-state index contributed by atoms with van der Waals surface area (Å²) >= 11 is 6.08. The fraction of sp³-hybridized carbons (Fsp3) is 0.208. The second kappa shape index (κ2) is 7.58. The maximum atomic E-state index is 6.49. The first-order chi connectivity index (χ1) is 14.7. The Morgan fingerprint density at radius 1 is 0.900 bits per heavy atom. The van der Waals surface area contributed by atoms with Gasteiger partial charge in [-0.25, -0.2) is 5.01 Å². The Kier molecular flexibility index (Phi) is 4.75. The first kappa shape index (κ1) is 18.8. The molecule has 0 radical (unpaired) electrons. The highest BCUT2D eigenvalue weighted by Crippen LogP contribution is 2.51. The van der Waals surface area contributed by atoms with Crippen molar-refractivity contribution in [2.45, 2.75) is 18.7 Å². The van der Waals surface area contributed by atoms with Crippen LogP contribution in [-0.4, -0.2) is 24.9 Å². The van der Waals surface area contributed by atoms with Gasteiger partial charge < -0.3 is 14.2 Å². The lowest BCUT2D eigenvalue weighted by Crippen LogP contribution is -2.34. The average molecular weight is 421 g/mol. The fourth-order valence-corrected chi connectivity index (χ4v) is 4.26. The van der Waals surface area contributed by atoms with Gasteiger partial charge in [-0.05, 0) is 35.9 Å². The first-order valence-corrected chi connectivity index (χ1v) is 10.2. The highest BCUT2D eigenvalue weighted by atomic mass is 35.5. The molecule has 0 amide bonds. The van der Waals surface area contributed by atoms with Crippen LogP contribution in [0.4, 0.5) is 0 Å². The van der Waals surface area contributed by atoms with Crippen molar-refractivity contribution in [3.05, 3.63) is 88.4 Å². The number of rotatable bonds is 4. The molecule has 3 aromatic rings. The molecule has 152 valence electrons. The number of hydrazone groups is 1. The van der Waals surface area contributed by atoms with Gasteiger partial charge in [-0.3, -0.25) is 0 Å². The summed E-state index contributed by atoms with van der Waals surface area (Å²) in [5, 5.41) is 7.72. The van der Waals surface area contributed by atoms with Gasteiger partial charge in [-0.15, -0.1) is 0 Å². The second-order valence-corrected chi connectivity index (χ2v) is 7.68. The summed E-state index contributed by atoms with van der Waals surface area (Å²) < 4.78 is 17.7. The van der Waals surface area contributed by atoms with Gasteiger partial charge in [0.25, 0.3) is 0 Å². The van der Waals surface area contributed by atoms with Gasteiger partial charge in [-0.1, -0.05) is 48.0 Å². The van der Waals surface area contributed by atoms with Crippen molar-refractivity contribution in [1.29, 1.82) is 0 Å². The third kappa shape index (κ3) is 3.06. The summed E-state index contributed by atoms with van der Waals surface area (Å²) in [5.74, 6) is 2.23. The van der Waals surface area contributed by atoms with Crippen molar-refractivity contribution >= 4 is 17.3 Å². The molecule has 0 fully saturated rings. The summed E-state index contributed by atoms with van der Waals surface area (Å²) in [5.41, 5.74) is 4.03. The lowest BCUT2D eigenvalue weighted by Gasteiger charge is -2.39. The van der Waals surface area contributed by atoms with E-state index in [-0.39, 0.29) is 6.04 Å². The topological polar surface area (TPSA) is 43.3 Å². The van der Waals surface area contributed by atoms with Gasteiger partial charge >= 0.3 is 0 Å². The van der Waals surface area contributed by atoms with Gasteiger partial charge in [0.15, 0.2) is 11.5 Å². The first-order valence-electron chi connectivity index (χ1n) is 9.78. The highest BCUT2D eigenvalue weighted by molar-refractivity contribution is 6.30. The number of nitrogens with zero attached hydrogens (tertiary/aromatic N) is 2. The van der Waals surface area contributed by atoms with E-state index in [4.69, 9.17) is 30.9 Å². The lowest BCUT2D eigenvalue weighted by atomic mass is 9.95. The number of methoxy groups -OCH3 is 2. The summed E-state index contributed by atoms with van der Waals surface area (Å²) in [6, 6.07) is 21.7. The molecule has 2 unspecified atom stereocenters. The molecule has 5 nitrogen and oxygen atoms in total. The Hall–Kier alpha value is -3.18. The highest BCUT2D eigenvalue weighted by Gasteiger charge is 2.43. The molecule has 30 heavy (non-hydrogen) atoms. The fourth-order valence-electron chi connectivity index (χ4n) is 4.14. The minimum Gasteiger partial charge on any atom is -0.496 e. The number of hydrogen-bond donors (Lipinski definition) is 0. The Bertz CT molecular complexity index is 1110. The van der Waals surface area contributed by atoms with Crippen molar-refractivity contribution in [2.75, 3.05) is 14.2 Å². The van der Waals surface area contributed by atoms with E-state index >= 15 is 0 Å². The van der Waals surface area contributed by atoms with Gasteiger partial charge in [0.1, 0.15) is 5.75 Å². The van der Waals surface area contributed by atoms with E-state index in [9.17, 15) is 0 Å². The maximum Gasteiger partial charge on any atom is 0.217 e. The summed E-state index contributed by atoms with van der Waals surface area (Å²) in [6.07, 6.45) is 0.330. The van der Waals surface area contributed by atoms with Crippen molar-refractivity contribution in [1.82, 2.24) is 5.01 Å². The minimum absolute atomic E-state index is 0.0319. The number of para-hydroxylation sites is 2. The van der Waals surface area contributed by atoms with Crippen LogP contribution in [0.25, 0.3) is 0 Å². The van der Waals surface area contributed by atoms with E-state index in [2.05, 4.69) is 6.07 Å². The molecule has 0 saturated carbocycles. The summed E-state index contributed by atoms with van der Waals surface area (Å²) in [6.45, 7) is 0. The Morgan fingerprint density at radius 3 is 2.37 bits per heavy atom. The van der Waals surface area contributed by atoms with Gasteiger partial charge in [0.05, 0.1) is 31.5 Å². The molecule has 0 aromatic heterocycles. The number of fused-ring (bicyclic) bond motifs is 3. The van der Waals surface area contributed by atoms with Crippen molar-refractivity contribution in [2.24, 2.45) is 5.10 Å². The molecule has 2 aliphatic rings. The standard InChI is InChI=1S/C24H21ClN2O3/c1-28-21-8-4-3-6-18(21)24-27-20(17-7-5-9-22(29-2)23(17)30-24)14-19(26-27)15-10-12-16(25)13-11-15/h3-13,20,24H,14H2,1-2H3. The van der Waals surface area contributed by atoms with Crippen LogP contribution < -0.4 is 14.2 Å². The predicted octanol–water partition coefficient (Wildman–Crippen LogP) is 5.60. The molecule has 6 heteroatoms. The Balaban J connectivity index is 1.64. The normalized spacial score (nSPS) is 19.4. The largest absolute Gasteiger partial charge is 0.496 e. The van der Waals surface area contributed by atoms with Crippen LogP contribution in [0.1, 0.15) is 35.4 Å². The molecule has 3 aromatic carbocycles. The summed E-state index contributed by atoms with van der Waals surface area (Å²) in [4.78, 5) is 0. The Labute approximate surface area is 180 Å². The number of halogens is 1. The zero-order valence-electron chi connectivity index (χ0n) is 16.7. The van der Waals surface area contributed by atoms with Crippen LogP contribution in [0.5, 0.6) is 17.2 Å². The molecule has 0 saturated heterocycles. The third-order valence-electron chi connectivity index (χ3n) is 5.58. The molecule has 2 atom stereocenters. The molecule has 2 aliphatic heterocycles. The molecule has 0 aliphatic carbocycles. The van der Waals surface area contributed by atoms with E-state index in [1.807, 2.05) is 65.7 Å². The van der Waals surface area contributed by atoms with E-state index in [1.165, 1.54) is 0 Å². The molecule has 0 spiro atoms. The quantitative estimate of drug-likeness (QED) is 0.551. The molecule has 0 bridgehead atoms. The SMILES string of the molecule is COc1ccccc1C1Oc2c(OC)cccc2C2CC(c3ccc(Cl)cc3)=NN21. The third-order valence-corrected chi connectivity index (χ3v) is 5.83. The van der Waals surface area contributed by atoms with Crippen LogP contribution in [0.2, 0.25) is 5.02 Å². The van der Waals surface area contributed by atoms with E-state index in [1.54, 1.807) is 14.2 Å². The zero-order chi connectivity index (χ0) is 20.7. The maximum absolute atomic E-state index is 6.49. The van der Waals surface area contributed by atoms with E-state index in [0.29, 0.717) is 10.8 Å². The molecular formula is C24H21ClN2O3. The number of benzene rings is 3. The minimum atomic E-state index is -0.431. The van der Waals surface area contributed by atoms with E-state index in [0.717, 1.165) is 40.3 Å². The Morgan fingerprint density at radius 2 is 1.60 bits per heavy atom. The smallest absolute Gasteiger partial charge is 0.217 e. The van der Waals surface area contributed by atoms with Gasteiger partial charge in [-0.2, -0.15) is 5.10 Å². The second-order valence-electron chi connectivity index (χ2n) is 7.24. The lowest BCUT2D eigenvalue weighted by molar-refractivity contribution is -0.0221. The summed E-state index contributed by atoms with van der Waals surface area (Å²) in [7, 11) is 3.33.